The van der Waals surface area contributed by atoms with Crippen LogP contribution in [0.15, 0.2) is 12.7 Å². The predicted octanol–water partition coefficient (Wildman–Crippen LogP) is -8.21. The van der Waals surface area contributed by atoms with Crippen molar-refractivity contribution in [2.45, 2.75) is 16.6 Å². The van der Waals surface area contributed by atoms with Crippen LogP contribution in [0.25, 0.3) is 0 Å². The van der Waals surface area contributed by atoms with Gasteiger partial charge >= 0.3 is 17.9 Å². The summed E-state index contributed by atoms with van der Waals surface area (Å²) in [6.45, 7) is -2.84. The van der Waals surface area contributed by atoms with Crippen molar-refractivity contribution in [2.75, 3.05) is 79.1 Å². The molecule has 0 aromatic rings. The van der Waals surface area contributed by atoms with Crippen LogP contribution in [0.3, 0.4) is 0 Å². The Morgan fingerprint density at radius 1 is 0.512 bits per heavy atom. The van der Waals surface area contributed by atoms with E-state index in [0.29, 0.717) is 0 Å². The third kappa shape index (κ3) is 23.5. The SMILES string of the molecule is C=CC(N)=O.O=C(O)CNC(CO)(CO)CO.O=C(O)CNC(CO)(CO)CO.O=C(O)CNC(CO)(CO)CO. The molecule has 0 aliphatic rings. The first-order chi connectivity index (χ1) is 19.1. The Kier molecular flexibility index (Phi) is 28.7. The van der Waals surface area contributed by atoms with Gasteiger partial charge in [0.1, 0.15) is 0 Å². The molecule has 0 saturated heterocycles. The standard InChI is InChI=1S/3C6H13NO5.C3H5NO/c3*8-2-6(3-9,4-10)7-1-5(11)12;1-2-3(4)5/h3*7-10H,1-4H2,(H,11,12);2H,1H2,(H2,4,5). The summed E-state index contributed by atoms with van der Waals surface area (Å²) < 4.78 is 0. The number of hydrogen-bond acceptors (Lipinski definition) is 16. The van der Waals surface area contributed by atoms with Crippen LogP contribution in [0.2, 0.25) is 0 Å². The smallest absolute Gasteiger partial charge is 0.317 e. The predicted molar refractivity (Wildman–Crippen MR) is 138 cm³/mol. The zero-order valence-electron chi connectivity index (χ0n) is 22.3. The molecule has 0 saturated carbocycles. The van der Waals surface area contributed by atoms with E-state index in [1.165, 1.54) is 0 Å². The van der Waals surface area contributed by atoms with Gasteiger partial charge in [0.05, 0.1) is 95.7 Å². The van der Waals surface area contributed by atoms with Gasteiger partial charge in [-0.2, -0.15) is 0 Å². The molecule has 0 unspecified atom stereocenters. The molecule has 0 radical (unpaired) electrons. The Hall–Kier alpha value is -2.86. The van der Waals surface area contributed by atoms with E-state index < -0.39 is 120 Å². The Morgan fingerprint density at radius 3 is 0.732 bits per heavy atom. The zero-order valence-corrected chi connectivity index (χ0v) is 22.3. The van der Waals surface area contributed by atoms with Crippen molar-refractivity contribution in [3.05, 3.63) is 12.7 Å². The van der Waals surface area contributed by atoms with Crippen LogP contribution >= 0.6 is 0 Å². The lowest BCUT2D eigenvalue weighted by molar-refractivity contribution is -0.137. The van der Waals surface area contributed by atoms with E-state index in [9.17, 15) is 19.2 Å². The molecule has 0 heterocycles. The third-order valence-corrected chi connectivity index (χ3v) is 4.77. The van der Waals surface area contributed by atoms with Gasteiger partial charge in [0.2, 0.25) is 5.91 Å². The summed E-state index contributed by atoms with van der Waals surface area (Å²) in [6.07, 6.45) is 1.06. The molecule has 0 aliphatic carbocycles. The number of carboxylic acids is 3. The van der Waals surface area contributed by atoms with Gasteiger partial charge in [0.25, 0.3) is 0 Å². The van der Waals surface area contributed by atoms with E-state index in [1.807, 2.05) is 0 Å². The lowest BCUT2D eigenvalue weighted by Gasteiger charge is -2.27. The number of aliphatic hydroxyl groups excluding tert-OH is 9. The largest absolute Gasteiger partial charge is 0.480 e. The lowest BCUT2D eigenvalue weighted by Crippen LogP contribution is -2.56. The highest BCUT2D eigenvalue weighted by Gasteiger charge is 2.29. The van der Waals surface area contributed by atoms with E-state index in [0.717, 1.165) is 6.08 Å². The Labute approximate surface area is 235 Å². The maximum atomic E-state index is 10.1. The van der Waals surface area contributed by atoms with E-state index in [1.54, 1.807) is 0 Å². The second-order valence-electron chi connectivity index (χ2n) is 8.11. The van der Waals surface area contributed by atoms with Crippen molar-refractivity contribution < 1.29 is 80.5 Å². The minimum atomic E-state index is -1.31. The monoisotopic (exact) mass is 608 g/mol. The van der Waals surface area contributed by atoms with Crippen molar-refractivity contribution in [3.63, 3.8) is 0 Å². The fourth-order valence-electron chi connectivity index (χ4n) is 1.74. The highest BCUT2D eigenvalue weighted by Crippen LogP contribution is 2.01. The van der Waals surface area contributed by atoms with Crippen LogP contribution in [0.5, 0.6) is 0 Å². The number of carbonyl (C=O) groups is 4. The molecule has 0 rings (SSSR count). The van der Waals surface area contributed by atoms with Gasteiger partial charge in [0, 0.05) is 0 Å². The zero-order chi connectivity index (χ0) is 33.1. The molecule has 0 bridgehead atoms. The number of carbonyl (C=O) groups excluding carboxylic acids is 1. The molecular weight excluding hydrogens is 564 g/mol. The Morgan fingerprint density at radius 2 is 0.659 bits per heavy atom. The summed E-state index contributed by atoms with van der Waals surface area (Å²) in [5.74, 6) is -3.83. The first kappa shape index (κ1) is 45.1. The molecular formula is C21H44N4O16. The molecule has 41 heavy (non-hydrogen) atoms. The molecule has 20 heteroatoms. The number of primary amides is 1. The van der Waals surface area contributed by atoms with Crippen LogP contribution in [0, 0.1) is 0 Å². The van der Waals surface area contributed by atoms with Gasteiger partial charge in [-0.1, -0.05) is 6.58 Å². The van der Waals surface area contributed by atoms with E-state index in [4.69, 9.17) is 61.3 Å². The molecule has 0 aromatic heterocycles. The molecule has 0 atom stereocenters. The molecule has 0 aliphatic heterocycles. The van der Waals surface area contributed by atoms with Gasteiger partial charge in [-0.25, -0.2) is 0 Å². The summed E-state index contributed by atoms with van der Waals surface area (Å²) in [6, 6.07) is 0. The summed E-state index contributed by atoms with van der Waals surface area (Å²) >= 11 is 0. The number of amides is 1. The fourth-order valence-corrected chi connectivity index (χ4v) is 1.74. The lowest BCUT2D eigenvalue weighted by atomic mass is 10.0. The van der Waals surface area contributed by atoms with Crippen molar-refractivity contribution >= 4 is 23.8 Å². The number of nitrogens with two attached hydrogens (primary N) is 1. The molecule has 0 aromatic carbocycles. The van der Waals surface area contributed by atoms with Crippen molar-refractivity contribution in [1.82, 2.24) is 16.0 Å². The molecule has 0 fully saturated rings. The number of hydrogen-bond donors (Lipinski definition) is 16. The first-order valence-corrected chi connectivity index (χ1v) is 11.4. The maximum Gasteiger partial charge on any atom is 0.317 e. The molecule has 20 nitrogen and oxygen atoms in total. The highest BCUT2D eigenvalue weighted by molar-refractivity contribution is 5.85. The maximum absolute atomic E-state index is 10.1. The van der Waals surface area contributed by atoms with Crippen LogP contribution in [0.4, 0.5) is 0 Å². The molecule has 244 valence electrons. The van der Waals surface area contributed by atoms with Gasteiger partial charge in [-0.05, 0) is 6.08 Å². The summed E-state index contributed by atoms with van der Waals surface area (Å²) in [5, 5.41) is 110. The molecule has 1 amide bonds. The quantitative estimate of drug-likeness (QED) is 0.0605. The summed E-state index contributed by atoms with van der Waals surface area (Å²) in [5.41, 5.74) is 0.613. The third-order valence-electron chi connectivity index (χ3n) is 4.77. The highest BCUT2D eigenvalue weighted by atomic mass is 16.4. The van der Waals surface area contributed by atoms with Crippen molar-refractivity contribution in [1.29, 1.82) is 0 Å². The second-order valence-corrected chi connectivity index (χ2v) is 8.11. The number of aliphatic carboxylic acids is 3. The molecule has 17 N–H and O–H groups in total. The summed E-state index contributed by atoms with van der Waals surface area (Å²) in [4.78, 5) is 39.7. The average Bonchev–Trinajstić information content (AvgIpc) is 2.97. The number of rotatable bonds is 19. The number of nitrogens with one attached hydrogen (secondary N) is 3. The van der Waals surface area contributed by atoms with Gasteiger partial charge in [-0.3, -0.25) is 35.1 Å². The van der Waals surface area contributed by atoms with Gasteiger partial charge < -0.3 is 67.0 Å². The molecule has 0 spiro atoms. The Balaban J connectivity index is -0.000000231. The van der Waals surface area contributed by atoms with Crippen LogP contribution in [0.1, 0.15) is 0 Å². The number of aliphatic hydroxyl groups is 9. The topological polar surface area (TPSA) is 373 Å². The Bertz CT molecular complexity index is 623. The van der Waals surface area contributed by atoms with Crippen LogP contribution < -0.4 is 21.7 Å². The van der Waals surface area contributed by atoms with E-state index in [2.05, 4.69) is 28.3 Å². The van der Waals surface area contributed by atoms with E-state index >= 15 is 0 Å². The normalized spacial score (nSPS) is 11.0. The van der Waals surface area contributed by atoms with Crippen molar-refractivity contribution in [2.24, 2.45) is 5.73 Å². The van der Waals surface area contributed by atoms with Crippen molar-refractivity contribution in [3.8, 4) is 0 Å². The fraction of sp³-hybridized carbons (Fsp3) is 0.714. The van der Waals surface area contributed by atoms with Gasteiger partial charge in [0.15, 0.2) is 0 Å². The van der Waals surface area contributed by atoms with E-state index in [-0.39, 0.29) is 0 Å². The van der Waals surface area contributed by atoms with Gasteiger partial charge in [-0.15, -0.1) is 0 Å². The average molecular weight is 609 g/mol. The first-order valence-electron chi connectivity index (χ1n) is 11.4. The summed E-state index contributed by atoms with van der Waals surface area (Å²) in [7, 11) is 0. The minimum absolute atomic E-state index is 0.415. The number of carboxylic acid groups (broad SMARTS) is 3. The van der Waals surface area contributed by atoms with Crippen LogP contribution in [-0.4, -0.2) is 181 Å². The minimum Gasteiger partial charge on any atom is -0.480 e. The van der Waals surface area contributed by atoms with Crippen LogP contribution in [-0.2, 0) is 19.2 Å². The second kappa shape index (κ2) is 26.1.